The van der Waals surface area contributed by atoms with Crippen LogP contribution >= 0.6 is 22.9 Å². The summed E-state index contributed by atoms with van der Waals surface area (Å²) in [5.41, 5.74) is 0.354. The van der Waals surface area contributed by atoms with Crippen molar-refractivity contribution >= 4 is 38.6 Å². The van der Waals surface area contributed by atoms with Gasteiger partial charge in [-0.15, -0.1) is 11.3 Å². The van der Waals surface area contributed by atoms with Gasteiger partial charge in [-0.05, 0) is 25.1 Å². The van der Waals surface area contributed by atoms with Crippen molar-refractivity contribution in [1.29, 1.82) is 0 Å². The molecule has 2 aromatic rings. The Morgan fingerprint density at radius 2 is 2.10 bits per heavy atom. The molecule has 0 radical (unpaired) electrons. The minimum absolute atomic E-state index is 0.158. The van der Waals surface area contributed by atoms with Gasteiger partial charge in [-0.25, -0.2) is 8.42 Å². The Labute approximate surface area is 132 Å². The van der Waals surface area contributed by atoms with Crippen LogP contribution in [-0.2, 0) is 16.6 Å². The molecule has 0 saturated carbocycles. The van der Waals surface area contributed by atoms with Gasteiger partial charge in [0.15, 0.2) is 0 Å². The summed E-state index contributed by atoms with van der Waals surface area (Å²) in [5.74, 6) is 0.384. The molecule has 1 aromatic carbocycles. The number of nitrogens with one attached hydrogen (secondary N) is 1. The molecule has 8 heteroatoms. The van der Waals surface area contributed by atoms with Crippen molar-refractivity contribution in [2.24, 2.45) is 0 Å². The Kier molecular flexibility index (Phi) is 4.77. The summed E-state index contributed by atoms with van der Waals surface area (Å²) in [7, 11) is -2.27. The van der Waals surface area contributed by atoms with E-state index in [1.54, 1.807) is 19.1 Å². The van der Waals surface area contributed by atoms with E-state index < -0.39 is 10.0 Å². The SMILES string of the molecule is COc1cc(NS(=O)(=O)c2cc(CO)sc2C)ccc1Cl. The predicted molar refractivity (Wildman–Crippen MR) is 83.8 cm³/mol. The number of sulfonamides is 1. The van der Waals surface area contributed by atoms with Gasteiger partial charge in [0.05, 0.1) is 24.4 Å². The first kappa shape index (κ1) is 16.1. The Hall–Kier alpha value is -1.28. The van der Waals surface area contributed by atoms with E-state index in [1.165, 1.54) is 30.6 Å². The summed E-state index contributed by atoms with van der Waals surface area (Å²) < 4.78 is 32.3. The minimum Gasteiger partial charge on any atom is -0.495 e. The monoisotopic (exact) mass is 347 g/mol. The molecule has 21 heavy (non-hydrogen) atoms. The molecule has 0 amide bonds. The number of halogens is 1. The average Bonchev–Trinajstić information content (AvgIpc) is 2.83. The van der Waals surface area contributed by atoms with Crippen LogP contribution in [0.25, 0.3) is 0 Å². The molecule has 0 saturated heterocycles. The zero-order valence-corrected chi connectivity index (χ0v) is 13.8. The maximum Gasteiger partial charge on any atom is 0.263 e. The number of aliphatic hydroxyl groups excluding tert-OH is 1. The van der Waals surface area contributed by atoms with Crippen LogP contribution < -0.4 is 9.46 Å². The quantitative estimate of drug-likeness (QED) is 0.871. The van der Waals surface area contributed by atoms with Crippen molar-refractivity contribution < 1.29 is 18.3 Å². The maximum atomic E-state index is 12.4. The number of hydrogen-bond acceptors (Lipinski definition) is 5. The van der Waals surface area contributed by atoms with Gasteiger partial charge in [-0.1, -0.05) is 11.6 Å². The van der Waals surface area contributed by atoms with Gasteiger partial charge in [-0.3, -0.25) is 4.72 Å². The Bertz CT molecular complexity index is 756. The van der Waals surface area contributed by atoms with Crippen molar-refractivity contribution in [2.45, 2.75) is 18.4 Å². The first-order chi connectivity index (χ1) is 9.87. The molecule has 0 bridgehead atoms. The number of anilines is 1. The first-order valence-corrected chi connectivity index (χ1v) is 8.61. The lowest BCUT2D eigenvalue weighted by Crippen LogP contribution is -2.13. The van der Waals surface area contributed by atoms with Crippen LogP contribution in [0.5, 0.6) is 5.75 Å². The Balaban J connectivity index is 2.35. The number of hydrogen-bond donors (Lipinski definition) is 2. The molecule has 0 atom stereocenters. The highest BCUT2D eigenvalue weighted by Gasteiger charge is 2.20. The lowest BCUT2D eigenvalue weighted by molar-refractivity contribution is 0.285. The van der Waals surface area contributed by atoms with Crippen molar-refractivity contribution in [1.82, 2.24) is 0 Å². The highest BCUT2D eigenvalue weighted by atomic mass is 35.5. The molecule has 1 heterocycles. The van der Waals surface area contributed by atoms with Gasteiger partial charge < -0.3 is 9.84 Å². The highest BCUT2D eigenvalue weighted by Crippen LogP contribution is 2.31. The fourth-order valence-corrected chi connectivity index (χ4v) is 4.54. The number of thiophene rings is 1. The molecule has 5 nitrogen and oxygen atoms in total. The van der Waals surface area contributed by atoms with Crippen LogP contribution in [-0.4, -0.2) is 20.6 Å². The molecule has 0 aliphatic heterocycles. The summed E-state index contributed by atoms with van der Waals surface area (Å²) in [4.78, 5) is 1.37. The largest absolute Gasteiger partial charge is 0.495 e. The average molecular weight is 348 g/mol. The minimum atomic E-state index is -3.72. The van der Waals surface area contributed by atoms with E-state index >= 15 is 0 Å². The number of benzene rings is 1. The van der Waals surface area contributed by atoms with Gasteiger partial charge in [0.1, 0.15) is 10.6 Å². The van der Waals surface area contributed by atoms with Gasteiger partial charge >= 0.3 is 0 Å². The molecular weight excluding hydrogens is 334 g/mol. The summed E-state index contributed by atoms with van der Waals surface area (Å²) in [5, 5.41) is 9.49. The lowest BCUT2D eigenvalue weighted by Gasteiger charge is -2.10. The van der Waals surface area contributed by atoms with Crippen LogP contribution in [0, 0.1) is 6.92 Å². The smallest absolute Gasteiger partial charge is 0.263 e. The number of rotatable bonds is 5. The van der Waals surface area contributed by atoms with E-state index in [4.69, 9.17) is 21.4 Å². The van der Waals surface area contributed by atoms with Gasteiger partial charge in [-0.2, -0.15) is 0 Å². The third-order valence-electron chi connectivity index (χ3n) is 2.77. The molecule has 0 unspecified atom stereocenters. The topological polar surface area (TPSA) is 75.6 Å². The van der Waals surface area contributed by atoms with E-state index in [0.29, 0.717) is 26.2 Å². The molecule has 1 aromatic heterocycles. The number of aryl methyl sites for hydroxylation is 1. The van der Waals surface area contributed by atoms with E-state index in [-0.39, 0.29) is 11.5 Å². The Morgan fingerprint density at radius 1 is 1.38 bits per heavy atom. The van der Waals surface area contributed by atoms with Crippen molar-refractivity contribution in [3.63, 3.8) is 0 Å². The highest BCUT2D eigenvalue weighted by molar-refractivity contribution is 7.93. The third-order valence-corrected chi connectivity index (χ3v) is 5.76. The standard InChI is InChI=1S/C13H14ClNO4S2/c1-8-13(6-10(7-16)20-8)21(17,18)15-9-3-4-11(14)12(5-9)19-2/h3-6,15-16H,7H2,1-2H3. The van der Waals surface area contributed by atoms with Gasteiger partial charge in [0, 0.05) is 15.8 Å². The lowest BCUT2D eigenvalue weighted by atomic mass is 10.3. The van der Waals surface area contributed by atoms with Crippen LogP contribution in [0.4, 0.5) is 5.69 Å². The zero-order valence-electron chi connectivity index (χ0n) is 11.4. The molecule has 0 spiro atoms. The summed E-state index contributed by atoms with van der Waals surface area (Å²) >= 11 is 7.15. The summed E-state index contributed by atoms with van der Waals surface area (Å²) in [6.07, 6.45) is 0. The van der Waals surface area contributed by atoms with Gasteiger partial charge in [0.2, 0.25) is 0 Å². The number of methoxy groups -OCH3 is 1. The van der Waals surface area contributed by atoms with E-state index in [0.717, 1.165) is 0 Å². The molecular formula is C13H14ClNO4S2. The van der Waals surface area contributed by atoms with Crippen LogP contribution in [0.2, 0.25) is 5.02 Å². The molecule has 0 aliphatic rings. The zero-order chi connectivity index (χ0) is 15.6. The maximum absolute atomic E-state index is 12.4. The van der Waals surface area contributed by atoms with Crippen LogP contribution in [0.1, 0.15) is 9.75 Å². The normalized spacial score (nSPS) is 11.4. The second-order valence-electron chi connectivity index (χ2n) is 4.25. The van der Waals surface area contributed by atoms with Crippen LogP contribution in [0.3, 0.4) is 0 Å². The Morgan fingerprint density at radius 3 is 2.67 bits per heavy atom. The van der Waals surface area contributed by atoms with Gasteiger partial charge in [0.25, 0.3) is 10.0 Å². The number of aliphatic hydroxyl groups is 1. The van der Waals surface area contributed by atoms with E-state index in [1.807, 2.05) is 0 Å². The van der Waals surface area contributed by atoms with Crippen molar-refractivity contribution in [2.75, 3.05) is 11.8 Å². The fourth-order valence-electron chi connectivity index (χ4n) is 1.80. The third kappa shape index (κ3) is 3.49. The summed E-state index contributed by atoms with van der Waals surface area (Å²) in [6.45, 7) is 1.51. The van der Waals surface area contributed by atoms with Crippen molar-refractivity contribution in [3.05, 3.63) is 39.0 Å². The molecule has 2 N–H and O–H groups in total. The second kappa shape index (κ2) is 6.23. The number of ether oxygens (including phenoxy) is 1. The van der Waals surface area contributed by atoms with Crippen LogP contribution in [0.15, 0.2) is 29.2 Å². The molecule has 0 fully saturated rings. The first-order valence-electron chi connectivity index (χ1n) is 5.94. The van der Waals surface area contributed by atoms with E-state index in [2.05, 4.69) is 4.72 Å². The van der Waals surface area contributed by atoms with Crippen molar-refractivity contribution in [3.8, 4) is 5.75 Å². The summed E-state index contributed by atoms with van der Waals surface area (Å²) in [6, 6.07) is 6.08. The fraction of sp³-hybridized carbons (Fsp3) is 0.231. The molecule has 0 aliphatic carbocycles. The van der Waals surface area contributed by atoms with E-state index in [9.17, 15) is 8.42 Å². The predicted octanol–water partition coefficient (Wildman–Crippen LogP) is 3.01. The molecule has 2 rings (SSSR count). The molecule has 114 valence electrons. The second-order valence-corrected chi connectivity index (χ2v) is 7.64.